The van der Waals surface area contributed by atoms with Crippen molar-refractivity contribution in [1.29, 1.82) is 0 Å². The van der Waals surface area contributed by atoms with Crippen LogP contribution in [0.5, 0.6) is 5.75 Å². The van der Waals surface area contributed by atoms with Crippen molar-refractivity contribution in [3.05, 3.63) is 93.5 Å². The molecule has 3 aromatic carbocycles. The largest absolute Gasteiger partial charge is 0.489 e. The summed E-state index contributed by atoms with van der Waals surface area (Å²) in [5.74, 6) is -1.96. The Labute approximate surface area is 361 Å². The zero-order chi connectivity index (χ0) is 43.5. The molecule has 1 saturated carbocycles. The van der Waals surface area contributed by atoms with E-state index in [1.165, 1.54) is 6.07 Å². The molecular formula is C47H52ClFN6O6. The molecule has 0 radical (unpaired) electrons. The van der Waals surface area contributed by atoms with Gasteiger partial charge in [0.05, 0.1) is 28.4 Å². The number of nitrogens with one attached hydrogen (secondary N) is 1. The van der Waals surface area contributed by atoms with Crippen LogP contribution >= 0.6 is 11.6 Å². The van der Waals surface area contributed by atoms with Crippen molar-refractivity contribution >= 4 is 58.1 Å². The van der Waals surface area contributed by atoms with Crippen molar-refractivity contribution in [1.82, 2.24) is 15.1 Å². The summed E-state index contributed by atoms with van der Waals surface area (Å²) in [6.45, 7) is 19.7. The highest BCUT2D eigenvalue weighted by atomic mass is 35.5. The number of fused-ring (bicyclic) bond motifs is 1. The molecule has 4 heterocycles. The number of anilines is 2. The van der Waals surface area contributed by atoms with Crippen molar-refractivity contribution < 1.29 is 33.1 Å². The number of nitrogens with zero attached hydrogens (tertiary/aromatic N) is 5. The number of hydrogen-bond acceptors (Lipinski definition) is 9. The van der Waals surface area contributed by atoms with Crippen LogP contribution in [0.25, 0.3) is 4.85 Å². The van der Waals surface area contributed by atoms with Gasteiger partial charge in [-0.15, -0.1) is 0 Å². The zero-order valence-corrected chi connectivity index (χ0v) is 36.1. The summed E-state index contributed by atoms with van der Waals surface area (Å²) in [6.07, 6.45) is 3.17. The van der Waals surface area contributed by atoms with E-state index < -0.39 is 35.5 Å². The first-order valence-corrected chi connectivity index (χ1v) is 21.6. The van der Waals surface area contributed by atoms with E-state index in [2.05, 4.69) is 66.8 Å². The fourth-order valence-electron chi connectivity index (χ4n) is 11.0. The van der Waals surface area contributed by atoms with Gasteiger partial charge in [0, 0.05) is 73.7 Å². The molecule has 3 aromatic rings. The highest BCUT2D eigenvalue weighted by molar-refractivity contribution is 6.33. The van der Waals surface area contributed by atoms with Crippen LogP contribution in [0.2, 0.25) is 5.02 Å². The van der Waals surface area contributed by atoms with Crippen molar-refractivity contribution in [3.8, 4) is 5.75 Å². The number of imide groups is 2. The third-order valence-corrected chi connectivity index (χ3v) is 14.5. The Morgan fingerprint density at radius 3 is 2.21 bits per heavy atom. The normalized spacial score (nSPS) is 24.7. The van der Waals surface area contributed by atoms with E-state index in [9.17, 15) is 24.0 Å². The summed E-state index contributed by atoms with van der Waals surface area (Å²) in [6, 6.07) is 15.0. The Bertz CT molecular complexity index is 2320. The van der Waals surface area contributed by atoms with E-state index in [0.29, 0.717) is 47.6 Å². The molecule has 2 atom stereocenters. The molecule has 0 aromatic heterocycles. The number of ketones is 1. The second-order valence-electron chi connectivity index (χ2n) is 18.6. The van der Waals surface area contributed by atoms with Gasteiger partial charge in [0.15, 0.2) is 5.78 Å². The Morgan fingerprint density at radius 2 is 1.57 bits per heavy atom. The van der Waals surface area contributed by atoms with Crippen molar-refractivity contribution in [2.24, 2.45) is 22.7 Å². The van der Waals surface area contributed by atoms with Gasteiger partial charge in [-0.1, -0.05) is 45.4 Å². The predicted octanol–water partition coefficient (Wildman–Crippen LogP) is 7.56. The van der Waals surface area contributed by atoms with Gasteiger partial charge in [-0.25, -0.2) is 9.24 Å². The van der Waals surface area contributed by atoms with E-state index in [1.54, 1.807) is 18.2 Å². The number of ether oxygens (including phenoxy) is 1. The van der Waals surface area contributed by atoms with Crippen molar-refractivity contribution in [3.63, 3.8) is 0 Å². The van der Waals surface area contributed by atoms with Crippen molar-refractivity contribution in [2.75, 3.05) is 49.6 Å². The number of rotatable bonds is 11. The number of benzene rings is 3. The Morgan fingerprint density at radius 1 is 0.918 bits per heavy atom. The van der Waals surface area contributed by atoms with Gasteiger partial charge in [-0.3, -0.25) is 34.2 Å². The summed E-state index contributed by atoms with van der Waals surface area (Å²) in [5, 5.41) is 2.55. The van der Waals surface area contributed by atoms with Gasteiger partial charge in [0.1, 0.15) is 23.7 Å². The molecule has 320 valence electrons. The molecule has 1 aliphatic carbocycles. The van der Waals surface area contributed by atoms with Crippen LogP contribution in [0, 0.1) is 35.1 Å². The van der Waals surface area contributed by atoms with Gasteiger partial charge in [-0.05, 0) is 93.1 Å². The molecule has 12 nitrogen and oxygen atoms in total. The first kappa shape index (κ1) is 42.4. The van der Waals surface area contributed by atoms with Gasteiger partial charge >= 0.3 is 0 Å². The SMILES string of the molecule is [C-]#[N+]c1ccc(OC2C(C)(C)C(CC(=O)c3ccc(N4CCC(N(C)C[C@@H]5CCN(c6cc7c(cc6F)C(=O)N(C6CCC(=O)NC6=O)C7=O)C5)CC4)cc3)C2(C)C)cc1Cl. The van der Waals surface area contributed by atoms with E-state index in [-0.39, 0.29) is 64.2 Å². The number of halogens is 2. The summed E-state index contributed by atoms with van der Waals surface area (Å²) >= 11 is 6.27. The fraction of sp³-hybridized carbons (Fsp3) is 0.489. The number of carbonyl (C=O) groups excluding carboxylic acids is 5. The first-order valence-electron chi connectivity index (χ1n) is 21.2. The average molecular weight is 851 g/mol. The Hall–Kier alpha value is -5.32. The molecule has 3 saturated heterocycles. The molecule has 14 heteroatoms. The maximum atomic E-state index is 15.5. The van der Waals surface area contributed by atoms with Crippen LogP contribution in [0.3, 0.4) is 0 Å². The van der Waals surface area contributed by atoms with Gasteiger partial charge < -0.3 is 19.4 Å². The van der Waals surface area contributed by atoms with Crippen LogP contribution in [0.4, 0.5) is 21.5 Å². The maximum absolute atomic E-state index is 15.5. The first-order chi connectivity index (χ1) is 29.0. The summed E-state index contributed by atoms with van der Waals surface area (Å²) < 4.78 is 22.0. The zero-order valence-electron chi connectivity index (χ0n) is 35.3. The molecule has 4 amide bonds. The third-order valence-electron chi connectivity index (χ3n) is 14.2. The number of carbonyl (C=O) groups is 5. The van der Waals surface area contributed by atoms with Crippen LogP contribution in [0.1, 0.15) is 97.3 Å². The summed E-state index contributed by atoms with van der Waals surface area (Å²) in [7, 11) is 2.15. The van der Waals surface area contributed by atoms with E-state index in [1.807, 2.05) is 17.0 Å². The van der Waals surface area contributed by atoms with E-state index in [4.69, 9.17) is 22.9 Å². The van der Waals surface area contributed by atoms with Crippen LogP contribution in [-0.2, 0) is 9.59 Å². The lowest BCUT2D eigenvalue weighted by Crippen LogP contribution is -2.66. The topological polar surface area (TPSA) is 124 Å². The van der Waals surface area contributed by atoms with Crippen LogP contribution < -0.4 is 19.9 Å². The minimum absolute atomic E-state index is 0.0168. The smallest absolute Gasteiger partial charge is 0.262 e. The number of hydrogen-bond donors (Lipinski definition) is 1. The maximum Gasteiger partial charge on any atom is 0.262 e. The van der Waals surface area contributed by atoms with Crippen molar-refractivity contribution in [2.45, 2.75) is 84.4 Å². The van der Waals surface area contributed by atoms with Gasteiger partial charge in [-0.2, -0.15) is 0 Å². The number of piperidine rings is 2. The van der Waals surface area contributed by atoms with Crippen LogP contribution in [-0.4, -0.2) is 97.2 Å². The predicted molar refractivity (Wildman–Crippen MR) is 230 cm³/mol. The molecule has 4 aliphatic heterocycles. The lowest BCUT2D eigenvalue weighted by molar-refractivity contribution is -0.196. The highest BCUT2D eigenvalue weighted by Crippen LogP contribution is 2.62. The second-order valence-corrected chi connectivity index (χ2v) is 19.1. The van der Waals surface area contributed by atoms with E-state index >= 15 is 4.39 Å². The molecule has 4 fully saturated rings. The highest BCUT2D eigenvalue weighted by Gasteiger charge is 2.63. The molecule has 5 aliphatic rings. The minimum Gasteiger partial charge on any atom is -0.489 e. The lowest BCUT2D eigenvalue weighted by atomic mass is 9.44. The average Bonchev–Trinajstić information content (AvgIpc) is 3.79. The molecule has 8 rings (SSSR count). The lowest BCUT2D eigenvalue weighted by Gasteiger charge is -2.63. The quantitative estimate of drug-likeness (QED) is 0.118. The van der Waals surface area contributed by atoms with Gasteiger partial charge in [0.2, 0.25) is 17.5 Å². The summed E-state index contributed by atoms with van der Waals surface area (Å²) in [4.78, 5) is 75.3. The van der Waals surface area contributed by atoms with E-state index in [0.717, 1.165) is 55.6 Å². The molecule has 0 spiro atoms. The Balaban J connectivity index is 0.812. The molecule has 1 N–H and O–H groups in total. The number of amides is 4. The van der Waals surface area contributed by atoms with Gasteiger partial charge in [0.25, 0.3) is 11.8 Å². The fourth-order valence-corrected chi connectivity index (χ4v) is 11.2. The minimum atomic E-state index is -1.10. The number of Topliss-reactive ketones (excluding diaryl/α,β-unsaturated/α-hetero) is 1. The molecule has 61 heavy (non-hydrogen) atoms. The third kappa shape index (κ3) is 7.78. The van der Waals surface area contributed by atoms with Crippen LogP contribution in [0.15, 0.2) is 54.6 Å². The standard InChI is InChI=1S/C47H52ClFN6O6/c1-46(2)40(47(3,4)45(46)61-31-11-12-36(50-5)34(48)21-31)24-39(56)28-7-9-30(10-8-28)53-19-16-29(17-20-53)52(6)25-27-15-18-54(26-27)38-23-33-32(22-35(38)49)43(59)55(44(33)60)37-13-14-41(57)51-42(37)58/h7-12,21-23,27,29,37,40,45H,13-20,24-26H2,1-4,6H3,(H,51,57,58)/t27-,37?,40?,45?/m0/s1. The monoisotopic (exact) mass is 850 g/mol. The second kappa shape index (κ2) is 16.2. The molecular weight excluding hydrogens is 799 g/mol. The summed E-state index contributed by atoms with van der Waals surface area (Å²) in [5.41, 5.74) is 1.97. The molecule has 1 unspecified atom stereocenters. The molecule has 0 bridgehead atoms. The Kier molecular flexibility index (Phi) is 11.2.